The summed E-state index contributed by atoms with van der Waals surface area (Å²) >= 11 is 0. The van der Waals surface area contributed by atoms with Gasteiger partial charge in [-0.2, -0.15) is 0 Å². The highest BCUT2D eigenvalue weighted by Gasteiger charge is 2.36. The van der Waals surface area contributed by atoms with Crippen molar-refractivity contribution < 1.29 is 0 Å². The lowest BCUT2D eigenvalue weighted by atomic mass is 9.74. The highest BCUT2D eigenvalue weighted by molar-refractivity contribution is 5.03. The van der Waals surface area contributed by atoms with Crippen molar-refractivity contribution in [3.05, 3.63) is 12.2 Å². The third-order valence-electron chi connectivity index (χ3n) is 4.43. The highest BCUT2D eigenvalue weighted by atomic mass is 15.0. The third kappa shape index (κ3) is 2.67. The van der Waals surface area contributed by atoms with Gasteiger partial charge in [0.25, 0.3) is 0 Å². The third-order valence-corrected chi connectivity index (χ3v) is 4.43. The van der Waals surface area contributed by atoms with Crippen LogP contribution < -0.4 is 11.1 Å². The number of nitrogens with one attached hydrogen (secondary N) is 1. The SMILES string of the molecule is CCC1CCCC(CN)(NC2CC=CC2)C1. The Hall–Kier alpha value is -0.340. The Morgan fingerprint density at radius 3 is 2.75 bits per heavy atom. The first kappa shape index (κ1) is 12.1. The van der Waals surface area contributed by atoms with Crippen molar-refractivity contribution >= 4 is 0 Å². The lowest BCUT2D eigenvalue weighted by molar-refractivity contribution is 0.165. The van der Waals surface area contributed by atoms with Gasteiger partial charge in [0.15, 0.2) is 0 Å². The molecule has 92 valence electrons. The molecule has 2 atom stereocenters. The minimum Gasteiger partial charge on any atom is -0.329 e. The van der Waals surface area contributed by atoms with E-state index in [0.717, 1.165) is 12.5 Å². The van der Waals surface area contributed by atoms with Crippen LogP contribution in [0.15, 0.2) is 12.2 Å². The second-order valence-corrected chi connectivity index (χ2v) is 5.64. The van der Waals surface area contributed by atoms with Crippen molar-refractivity contribution in [1.29, 1.82) is 0 Å². The molecule has 3 N–H and O–H groups in total. The molecular weight excluding hydrogens is 196 g/mol. The quantitative estimate of drug-likeness (QED) is 0.718. The standard InChI is InChI=1S/C14H26N2/c1-2-12-6-5-9-14(10-12,11-15)16-13-7-3-4-8-13/h3-4,12-13,16H,2,5-11,15H2,1H3. The predicted octanol–water partition coefficient (Wildman–Crippen LogP) is 2.59. The van der Waals surface area contributed by atoms with E-state index in [-0.39, 0.29) is 5.54 Å². The molecule has 0 radical (unpaired) electrons. The molecule has 2 aliphatic rings. The fourth-order valence-electron chi connectivity index (χ4n) is 3.38. The largest absolute Gasteiger partial charge is 0.329 e. The second-order valence-electron chi connectivity index (χ2n) is 5.64. The summed E-state index contributed by atoms with van der Waals surface area (Å²) in [6.45, 7) is 3.12. The maximum Gasteiger partial charge on any atom is 0.0309 e. The summed E-state index contributed by atoms with van der Waals surface area (Å²) < 4.78 is 0. The molecule has 1 saturated carbocycles. The lowest BCUT2D eigenvalue weighted by Gasteiger charge is -2.43. The summed E-state index contributed by atoms with van der Waals surface area (Å²) in [5.74, 6) is 0.888. The van der Waals surface area contributed by atoms with Gasteiger partial charge in [0.2, 0.25) is 0 Å². The Kier molecular flexibility index (Phi) is 4.04. The number of rotatable bonds is 4. The van der Waals surface area contributed by atoms with E-state index in [1.165, 1.54) is 44.9 Å². The Morgan fingerprint density at radius 2 is 2.12 bits per heavy atom. The van der Waals surface area contributed by atoms with E-state index >= 15 is 0 Å². The molecule has 0 amide bonds. The summed E-state index contributed by atoms with van der Waals surface area (Å²) in [5.41, 5.74) is 6.30. The van der Waals surface area contributed by atoms with Crippen molar-refractivity contribution in [3.8, 4) is 0 Å². The molecule has 0 bridgehead atoms. The maximum atomic E-state index is 6.05. The van der Waals surface area contributed by atoms with Crippen molar-refractivity contribution in [2.45, 2.75) is 63.5 Å². The Bertz CT molecular complexity index is 241. The predicted molar refractivity (Wildman–Crippen MR) is 69.3 cm³/mol. The van der Waals surface area contributed by atoms with Crippen LogP contribution in [0, 0.1) is 5.92 Å². The number of hydrogen-bond acceptors (Lipinski definition) is 2. The van der Waals surface area contributed by atoms with Gasteiger partial charge in [-0.25, -0.2) is 0 Å². The molecule has 2 nitrogen and oxygen atoms in total. The summed E-state index contributed by atoms with van der Waals surface area (Å²) in [5, 5.41) is 3.86. The fraction of sp³-hybridized carbons (Fsp3) is 0.857. The van der Waals surface area contributed by atoms with Gasteiger partial charge < -0.3 is 11.1 Å². The zero-order chi connectivity index (χ0) is 11.4. The van der Waals surface area contributed by atoms with Crippen LogP contribution in [0.5, 0.6) is 0 Å². The minimum atomic E-state index is 0.246. The van der Waals surface area contributed by atoms with Crippen molar-refractivity contribution in [2.24, 2.45) is 11.7 Å². The van der Waals surface area contributed by atoms with E-state index in [1.807, 2.05) is 0 Å². The first-order chi connectivity index (χ1) is 7.78. The van der Waals surface area contributed by atoms with E-state index in [9.17, 15) is 0 Å². The zero-order valence-corrected chi connectivity index (χ0v) is 10.5. The van der Waals surface area contributed by atoms with E-state index in [0.29, 0.717) is 6.04 Å². The smallest absolute Gasteiger partial charge is 0.0309 e. The maximum absolute atomic E-state index is 6.05. The first-order valence-corrected chi connectivity index (χ1v) is 6.91. The van der Waals surface area contributed by atoms with Crippen LogP contribution in [0.3, 0.4) is 0 Å². The van der Waals surface area contributed by atoms with Gasteiger partial charge >= 0.3 is 0 Å². The van der Waals surface area contributed by atoms with Gasteiger partial charge in [-0.05, 0) is 31.6 Å². The summed E-state index contributed by atoms with van der Waals surface area (Å²) in [6, 6.07) is 0.652. The van der Waals surface area contributed by atoms with E-state index in [1.54, 1.807) is 0 Å². The molecule has 0 aromatic heterocycles. The van der Waals surface area contributed by atoms with Gasteiger partial charge in [-0.15, -0.1) is 0 Å². The molecule has 0 saturated heterocycles. The van der Waals surface area contributed by atoms with Gasteiger partial charge in [0.05, 0.1) is 0 Å². The van der Waals surface area contributed by atoms with Gasteiger partial charge in [-0.1, -0.05) is 38.3 Å². The van der Waals surface area contributed by atoms with E-state index in [4.69, 9.17) is 5.73 Å². The van der Waals surface area contributed by atoms with Crippen LogP contribution in [0.25, 0.3) is 0 Å². The van der Waals surface area contributed by atoms with Crippen LogP contribution in [0.1, 0.15) is 51.9 Å². The van der Waals surface area contributed by atoms with Crippen LogP contribution in [-0.4, -0.2) is 18.1 Å². The molecule has 16 heavy (non-hydrogen) atoms. The Labute approximate surface area is 99.7 Å². The average molecular weight is 222 g/mol. The fourth-order valence-corrected chi connectivity index (χ4v) is 3.38. The lowest BCUT2D eigenvalue weighted by Crippen LogP contribution is -2.57. The number of nitrogens with two attached hydrogens (primary N) is 1. The summed E-state index contributed by atoms with van der Waals surface area (Å²) in [7, 11) is 0. The van der Waals surface area contributed by atoms with E-state index < -0.39 is 0 Å². The topological polar surface area (TPSA) is 38.0 Å². The highest BCUT2D eigenvalue weighted by Crippen LogP contribution is 2.34. The molecule has 0 spiro atoms. The molecule has 0 aromatic carbocycles. The average Bonchev–Trinajstić information content (AvgIpc) is 2.82. The zero-order valence-electron chi connectivity index (χ0n) is 10.5. The van der Waals surface area contributed by atoms with Crippen LogP contribution in [-0.2, 0) is 0 Å². The van der Waals surface area contributed by atoms with Crippen molar-refractivity contribution in [3.63, 3.8) is 0 Å². The van der Waals surface area contributed by atoms with Crippen LogP contribution in [0.2, 0.25) is 0 Å². The molecule has 0 heterocycles. The second kappa shape index (κ2) is 5.33. The minimum absolute atomic E-state index is 0.246. The van der Waals surface area contributed by atoms with Crippen molar-refractivity contribution in [1.82, 2.24) is 5.32 Å². The molecule has 1 fully saturated rings. The van der Waals surface area contributed by atoms with E-state index in [2.05, 4.69) is 24.4 Å². The molecule has 0 aliphatic heterocycles. The van der Waals surface area contributed by atoms with Gasteiger partial charge in [-0.3, -0.25) is 0 Å². The normalized spacial score (nSPS) is 35.8. The number of hydrogen-bond donors (Lipinski definition) is 2. The molecule has 2 rings (SSSR count). The monoisotopic (exact) mass is 222 g/mol. The van der Waals surface area contributed by atoms with Crippen LogP contribution in [0.4, 0.5) is 0 Å². The van der Waals surface area contributed by atoms with Gasteiger partial charge in [0, 0.05) is 18.1 Å². The Morgan fingerprint density at radius 1 is 1.38 bits per heavy atom. The molecule has 0 aromatic rings. The molecule has 2 unspecified atom stereocenters. The molecular formula is C14H26N2. The summed E-state index contributed by atoms with van der Waals surface area (Å²) in [6.07, 6.45) is 13.6. The Balaban J connectivity index is 1.94. The van der Waals surface area contributed by atoms with Crippen molar-refractivity contribution in [2.75, 3.05) is 6.54 Å². The first-order valence-electron chi connectivity index (χ1n) is 6.91. The summed E-state index contributed by atoms with van der Waals surface area (Å²) in [4.78, 5) is 0. The van der Waals surface area contributed by atoms with Gasteiger partial charge in [0.1, 0.15) is 0 Å². The van der Waals surface area contributed by atoms with Crippen LogP contribution >= 0.6 is 0 Å². The molecule has 2 aliphatic carbocycles. The molecule has 2 heteroatoms.